The Balaban J connectivity index is 1.62. The average molecular weight is 417 g/mol. The number of halogens is 2. The molecular weight excluding hydrogens is 382 g/mol. The Bertz CT molecular complexity index is 595. The first kappa shape index (κ1) is 22.4. The van der Waals surface area contributed by atoms with E-state index in [1.54, 1.807) is 16.9 Å². The summed E-state index contributed by atoms with van der Waals surface area (Å²) >= 11 is 0. The van der Waals surface area contributed by atoms with Gasteiger partial charge in [0.05, 0.1) is 24.0 Å². The molecule has 0 spiro atoms. The van der Waals surface area contributed by atoms with Crippen LogP contribution in [0.4, 0.5) is 8.78 Å². The fraction of sp³-hybridized carbons (Fsp3) is 0.905. The van der Waals surface area contributed by atoms with E-state index in [1.165, 1.54) is 0 Å². The lowest BCUT2D eigenvalue weighted by Gasteiger charge is -2.47. The number of hydrogen-bond donors (Lipinski definition) is 1. The molecule has 2 saturated carbocycles. The van der Waals surface area contributed by atoms with Crippen LogP contribution in [0.25, 0.3) is 0 Å². The number of carbonyl (C=O) groups excluding carboxylic acids is 2. The van der Waals surface area contributed by atoms with Gasteiger partial charge in [0.25, 0.3) is 0 Å². The number of methoxy groups -OCH3 is 1. The molecule has 2 amide bonds. The molecule has 0 aromatic rings. The molecule has 166 valence electrons. The van der Waals surface area contributed by atoms with Crippen molar-refractivity contribution in [2.45, 2.75) is 89.0 Å². The second kappa shape index (κ2) is 9.25. The predicted octanol–water partition coefficient (Wildman–Crippen LogP) is 2.09. The van der Waals surface area contributed by atoms with E-state index in [4.69, 9.17) is 4.74 Å². The molecule has 1 heterocycles. The molecule has 0 aromatic carbocycles. The highest BCUT2D eigenvalue weighted by molar-refractivity contribution is 5.82. The first-order chi connectivity index (χ1) is 13.7. The Morgan fingerprint density at radius 3 is 2.00 bits per heavy atom. The van der Waals surface area contributed by atoms with Gasteiger partial charge in [0.1, 0.15) is 12.3 Å². The maximum Gasteiger partial charge on any atom is 0.229 e. The third-order valence-corrected chi connectivity index (χ3v) is 6.92. The van der Waals surface area contributed by atoms with Crippen LogP contribution in [0.2, 0.25) is 0 Å². The highest BCUT2D eigenvalue weighted by atomic mass is 19.1. The number of piperazine rings is 1. The Hall–Kier alpha value is -1.28. The Morgan fingerprint density at radius 1 is 0.897 bits per heavy atom. The van der Waals surface area contributed by atoms with E-state index >= 15 is 0 Å². The van der Waals surface area contributed by atoms with Crippen LogP contribution in [-0.4, -0.2) is 83.6 Å². The van der Waals surface area contributed by atoms with Gasteiger partial charge in [-0.15, -0.1) is 0 Å². The minimum absolute atomic E-state index is 0.00199. The molecule has 3 aliphatic rings. The van der Waals surface area contributed by atoms with Crippen molar-refractivity contribution >= 4 is 11.8 Å². The number of nitrogens with zero attached hydrogens (tertiary/aromatic N) is 2. The molecule has 6 nitrogen and oxygen atoms in total. The van der Waals surface area contributed by atoms with Crippen LogP contribution in [0.1, 0.15) is 52.4 Å². The number of hydrogen-bond acceptors (Lipinski definition) is 4. The van der Waals surface area contributed by atoms with Crippen molar-refractivity contribution in [3.63, 3.8) is 0 Å². The van der Waals surface area contributed by atoms with Gasteiger partial charge < -0.3 is 19.6 Å². The normalized spacial score (nSPS) is 41.3. The molecule has 29 heavy (non-hydrogen) atoms. The summed E-state index contributed by atoms with van der Waals surface area (Å²) in [5.41, 5.74) is 0. The molecule has 1 aliphatic heterocycles. The lowest BCUT2D eigenvalue weighted by Crippen LogP contribution is -2.62. The molecule has 1 N–H and O–H groups in total. The van der Waals surface area contributed by atoms with Gasteiger partial charge >= 0.3 is 0 Å². The average Bonchev–Trinajstić information content (AvgIpc) is 2.66. The van der Waals surface area contributed by atoms with Crippen molar-refractivity contribution < 1.29 is 28.2 Å². The quantitative estimate of drug-likeness (QED) is 0.765. The van der Waals surface area contributed by atoms with Crippen LogP contribution in [0.3, 0.4) is 0 Å². The number of aliphatic hydroxyl groups is 1. The van der Waals surface area contributed by atoms with E-state index in [2.05, 4.69) is 0 Å². The van der Waals surface area contributed by atoms with E-state index in [1.807, 2.05) is 13.8 Å². The third kappa shape index (κ3) is 4.74. The summed E-state index contributed by atoms with van der Waals surface area (Å²) < 4.78 is 34.2. The van der Waals surface area contributed by atoms with Gasteiger partial charge in [-0.05, 0) is 39.5 Å². The summed E-state index contributed by atoms with van der Waals surface area (Å²) in [5, 5.41) is 9.60. The molecule has 8 heteroatoms. The number of aliphatic hydroxyl groups excluding tert-OH is 1. The Morgan fingerprint density at radius 2 is 1.45 bits per heavy atom. The minimum Gasteiger partial charge on any atom is -0.393 e. The number of carbonyl (C=O) groups is 2. The van der Waals surface area contributed by atoms with Crippen LogP contribution in [0.5, 0.6) is 0 Å². The smallest absolute Gasteiger partial charge is 0.229 e. The zero-order chi connectivity index (χ0) is 21.3. The summed E-state index contributed by atoms with van der Waals surface area (Å²) in [6.45, 7) is 4.37. The van der Waals surface area contributed by atoms with Gasteiger partial charge in [0.15, 0.2) is 0 Å². The molecule has 2 aliphatic carbocycles. The van der Waals surface area contributed by atoms with E-state index in [0.29, 0.717) is 38.8 Å². The molecule has 3 rings (SSSR count). The zero-order valence-corrected chi connectivity index (χ0v) is 17.6. The van der Waals surface area contributed by atoms with Crippen molar-refractivity contribution in [1.82, 2.24) is 9.80 Å². The van der Waals surface area contributed by atoms with Crippen LogP contribution in [0, 0.1) is 11.8 Å². The van der Waals surface area contributed by atoms with Gasteiger partial charge in [0, 0.05) is 45.1 Å². The van der Waals surface area contributed by atoms with Crippen LogP contribution in [0.15, 0.2) is 0 Å². The monoisotopic (exact) mass is 416 g/mol. The molecule has 0 bridgehead atoms. The van der Waals surface area contributed by atoms with E-state index in [9.17, 15) is 23.5 Å². The Kier molecular flexibility index (Phi) is 7.14. The molecule has 0 radical (unpaired) electrons. The van der Waals surface area contributed by atoms with Gasteiger partial charge in [-0.3, -0.25) is 9.59 Å². The summed E-state index contributed by atoms with van der Waals surface area (Å²) in [4.78, 5) is 29.3. The number of ether oxygens (including phenoxy) is 1. The first-order valence-electron chi connectivity index (χ1n) is 10.8. The standard InChI is InChI=1S/C21H34F2N2O4/c1-12-10-24(20(27)16-6-4-14(26)8-18(16)22)11-13(2)25(12)21(28)17-7-5-15(29-3)9-19(17)23/h12-19,26H,4-11H2,1-3H3/t12-,13-,14?,15?,16?,17?,18?,19?/m1/s1. The second-order valence-corrected chi connectivity index (χ2v) is 9.07. The molecule has 3 fully saturated rings. The SMILES string of the molecule is COC1CCC(C(=O)N2[C@H](C)CN(C(=O)C3CCC(O)CC3F)C[C@H]2C)C(F)C1. The van der Waals surface area contributed by atoms with Crippen LogP contribution in [-0.2, 0) is 14.3 Å². The van der Waals surface area contributed by atoms with Crippen molar-refractivity contribution in [1.29, 1.82) is 0 Å². The van der Waals surface area contributed by atoms with Crippen molar-refractivity contribution in [3.8, 4) is 0 Å². The summed E-state index contributed by atoms with van der Waals surface area (Å²) in [7, 11) is 1.56. The highest BCUT2D eigenvalue weighted by Gasteiger charge is 2.44. The maximum atomic E-state index is 14.6. The summed E-state index contributed by atoms with van der Waals surface area (Å²) in [5.74, 6) is -1.81. The molecule has 6 unspecified atom stereocenters. The van der Waals surface area contributed by atoms with Crippen LogP contribution < -0.4 is 0 Å². The third-order valence-electron chi connectivity index (χ3n) is 6.92. The van der Waals surface area contributed by atoms with Crippen molar-refractivity contribution in [2.75, 3.05) is 20.2 Å². The number of amides is 2. The van der Waals surface area contributed by atoms with E-state index in [-0.39, 0.29) is 42.8 Å². The fourth-order valence-corrected chi connectivity index (χ4v) is 5.31. The highest BCUT2D eigenvalue weighted by Crippen LogP contribution is 2.33. The van der Waals surface area contributed by atoms with Gasteiger partial charge in [-0.2, -0.15) is 0 Å². The summed E-state index contributed by atoms with van der Waals surface area (Å²) in [6, 6.07) is -0.510. The minimum atomic E-state index is -1.33. The topological polar surface area (TPSA) is 70.1 Å². The number of rotatable bonds is 3. The molecular formula is C21H34F2N2O4. The lowest BCUT2D eigenvalue weighted by molar-refractivity contribution is -0.156. The maximum absolute atomic E-state index is 14.6. The first-order valence-corrected chi connectivity index (χ1v) is 10.8. The second-order valence-electron chi connectivity index (χ2n) is 9.07. The number of alkyl halides is 2. The van der Waals surface area contributed by atoms with Gasteiger partial charge in [-0.25, -0.2) is 8.78 Å². The molecule has 0 aromatic heterocycles. The summed E-state index contributed by atoms with van der Waals surface area (Å²) in [6.07, 6.45) is -1.23. The van der Waals surface area contributed by atoms with E-state index in [0.717, 1.165) is 0 Å². The largest absolute Gasteiger partial charge is 0.393 e. The van der Waals surface area contributed by atoms with Crippen molar-refractivity contribution in [3.05, 3.63) is 0 Å². The predicted molar refractivity (Wildman–Crippen MR) is 104 cm³/mol. The lowest BCUT2D eigenvalue weighted by atomic mass is 9.83. The molecule has 8 atom stereocenters. The fourth-order valence-electron chi connectivity index (χ4n) is 5.31. The van der Waals surface area contributed by atoms with E-state index < -0.39 is 30.3 Å². The van der Waals surface area contributed by atoms with Crippen LogP contribution >= 0.6 is 0 Å². The van der Waals surface area contributed by atoms with Gasteiger partial charge in [0.2, 0.25) is 11.8 Å². The van der Waals surface area contributed by atoms with Gasteiger partial charge in [-0.1, -0.05) is 0 Å². The molecule has 1 saturated heterocycles. The Labute approximate surface area is 171 Å². The van der Waals surface area contributed by atoms with Crippen molar-refractivity contribution in [2.24, 2.45) is 11.8 Å². The zero-order valence-electron chi connectivity index (χ0n) is 17.6.